The normalized spacial score (nSPS) is 23.5. The standard InChI is InChI=1S/C14H16F3N3O2S/c1-9-6-11(19)4-5-20(9)23(21,22)12-3-2-10(8-18)13(7-12)14(15,16)17/h2-3,7,9,11H,4-6,19H2,1H3. The molecule has 1 aliphatic rings. The third-order valence-corrected chi connectivity index (χ3v) is 5.89. The van der Waals surface area contributed by atoms with Gasteiger partial charge in [0.1, 0.15) is 0 Å². The summed E-state index contributed by atoms with van der Waals surface area (Å²) in [6.07, 6.45) is -3.90. The van der Waals surface area contributed by atoms with Crippen molar-refractivity contribution in [2.24, 2.45) is 5.73 Å². The lowest BCUT2D eigenvalue weighted by Gasteiger charge is -2.35. The molecule has 2 atom stereocenters. The second kappa shape index (κ2) is 6.11. The molecule has 0 radical (unpaired) electrons. The minimum absolute atomic E-state index is 0.122. The number of nitrogens with two attached hydrogens (primary N) is 1. The highest BCUT2D eigenvalue weighted by Crippen LogP contribution is 2.34. The minimum Gasteiger partial charge on any atom is -0.328 e. The Morgan fingerprint density at radius 3 is 2.57 bits per heavy atom. The van der Waals surface area contributed by atoms with Gasteiger partial charge in [0.2, 0.25) is 10.0 Å². The van der Waals surface area contributed by atoms with E-state index in [1.807, 2.05) is 0 Å². The summed E-state index contributed by atoms with van der Waals surface area (Å²) in [7, 11) is -4.07. The van der Waals surface area contributed by atoms with Crippen LogP contribution in [0, 0.1) is 11.3 Å². The van der Waals surface area contributed by atoms with Gasteiger partial charge < -0.3 is 5.73 Å². The van der Waals surface area contributed by atoms with Crippen LogP contribution in [0.5, 0.6) is 0 Å². The van der Waals surface area contributed by atoms with E-state index in [1.165, 1.54) is 6.07 Å². The first-order valence-electron chi connectivity index (χ1n) is 6.96. The predicted molar refractivity (Wildman–Crippen MR) is 76.7 cm³/mol. The highest BCUT2D eigenvalue weighted by atomic mass is 32.2. The molecule has 0 aromatic heterocycles. The summed E-state index contributed by atoms with van der Waals surface area (Å²) < 4.78 is 65.4. The molecule has 23 heavy (non-hydrogen) atoms. The van der Waals surface area contributed by atoms with Crippen molar-refractivity contribution in [2.45, 2.75) is 42.9 Å². The molecule has 0 bridgehead atoms. The summed E-state index contributed by atoms with van der Waals surface area (Å²) in [6, 6.07) is 3.35. The van der Waals surface area contributed by atoms with Crippen LogP contribution in [0.25, 0.3) is 0 Å². The number of piperidine rings is 1. The largest absolute Gasteiger partial charge is 0.417 e. The molecule has 5 nitrogen and oxygen atoms in total. The number of halogens is 3. The van der Waals surface area contributed by atoms with E-state index in [9.17, 15) is 21.6 Å². The van der Waals surface area contributed by atoms with Gasteiger partial charge in [-0.05, 0) is 38.0 Å². The summed E-state index contributed by atoms with van der Waals surface area (Å²) in [6.45, 7) is 1.83. The van der Waals surface area contributed by atoms with Gasteiger partial charge in [-0.1, -0.05) is 0 Å². The maximum Gasteiger partial charge on any atom is 0.417 e. The first-order valence-corrected chi connectivity index (χ1v) is 8.40. The lowest BCUT2D eigenvalue weighted by molar-refractivity contribution is -0.137. The molecule has 1 heterocycles. The number of rotatable bonds is 2. The summed E-state index contributed by atoms with van der Waals surface area (Å²) in [5, 5.41) is 8.77. The van der Waals surface area contributed by atoms with Crippen LogP contribution >= 0.6 is 0 Å². The van der Waals surface area contributed by atoms with Gasteiger partial charge >= 0.3 is 6.18 Å². The molecule has 1 aromatic rings. The quantitative estimate of drug-likeness (QED) is 0.887. The van der Waals surface area contributed by atoms with Crippen molar-refractivity contribution in [3.8, 4) is 6.07 Å². The predicted octanol–water partition coefficient (Wildman–Crippen LogP) is 2.08. The molecule has 2 N–H and O–H groups in total. The van der Waals surface area contributed by atoms with Crippen LogP contribution < -0.4 is 5.73 Å². The third kappa shape index (κ3) is 3.49. The Hall–Kier alpha value is -1.63. The van der Waals surface area contributed by atoms with Crippen molar-refractivity contribution >= 4 is 10.0 Å². The first kappa shape index (κ1) is 17.7. The molecule has 1 fully saturated rings. The zero-order valence-corrected chi connectivity index (χ0v) is 13.2. The number of hydrogen-bond donors (Lipinski definition) is 1. The van der Waals surface area contributed by atoms with Crippen molar-refractivity contribution in [1.82, 2.24) is 4.31 Å². The maximum absolute atomic E-state index is 13.0. The molecular formula is C14H16F3N3O2S. The molecule has 2 unspecified atom stereocenters. The fourth-order valence-corrected chi connectivity index (χ4v) is 4.38. The number of sulfonamides is 1. The number of alkyl halides is 3. The Labute approximate surface area is 132 Å². The summed E-state index contributed by atoms with van der Waals surface area (Å²) in [5.41, 5.74) is 3.93. The molecule has 2 rings (SSSR count). The molecule has 0 aliphatic carbocycles. The molecule has 9 heteroatoms. The monoisotopic (exact) mass is 347 g/mol. The van der Waals surface area contributed by atoms with Crippen LogP contribution in [0.3, 0.4) is 0 Å². The van der Waals surface area contributed by atoms with Gasteiger partial charge in [0, 0.05) is 18.6 Å². The Bertz CT molecular complexity index is 741. The van der Waals surface area contributed by atoms with E-state index in [-0.39, 0.29) is 12.6 Å². The number of nitrogens with zero attached hydrogens (tertiary/aromatic N) is 2. The molecule has 0 amide bonds. The van der Waals surface area contributed by atoms with Crippen molar-refractivity contribution in [3.05, 3.63) is 29.3 Å². The molecule has 1 aromatic carbocycles. The lowest BCUT2D eigenvalue weighted by Crippen LogP contribution is -2.48. The Balaban J connectivity index is 2.47. The Morgan fingerprint density at radius 1 is 1.39 bits per heavy atom. The van der Waals surface area contributed by atoms with Crippen LogP contribution in [0.15, 0.2) is 23.1 Å². The minimum atomic E-state index is -4.80. The van der Waals surface area contributed by atoms with Crippen LogP contribution in [-0.2, 0) is 16.2 Å². The number of benzene rings is 1. The first-order chi connectivity index (χ1) is 10.6. The van der Waals surface area contributed by atoms with Crippen molar-refractivity contribution in [1.29, 1.82) is 5.26 Å². The van der Waals surface area contributed by atoms with Crippen LogP contribution in [0.2, 0.25) is 0 Å². The van der Waals surface area contributed by atoms with Crippen LogP contribution in [-0.4, -0.2) is 31.4 Å². The van der Waals surface area contributed by atoms with E-state index in [0.29, 0.717) is 18.9 Å². The van der Waals surface area contributed by atoms with Crippen LogP contribution in [0.1, 0.15) is 30.9 Å². The maximum atomic E-state index is 13.0. The van der Waals surface area contributed by atoms with Crippen molar-refractivity contribution < 1.29 is 21.6 Å². The van der Waals surface area contributed by atoms with Gasteiger partial charge in [0.05, 0.1) is 22.1 Å². The molecule has 0 saturated carbocycles. The van der Waals surface area contributed by atoms with E-state index >= 15 is 0 Å². The van der Waals surface area contributed by atoms with Gasteiger partial charge in [-0.3, -0.25) is 0 Å². The van der Waals surface area contributed by atoms with Gasteiger partial charge in [0.25, 0.3) is 0 Å². The topological polar surface area (TPSA) is 87.2 Å². The van der Waals surface area contributed by atoms with E-state index in [2.05, 4.69) is 0 Å². The third-order valence-electron chi connectivity index (χ3n) is 3.88. The smallest absolute Gasteiger partial charge is 0.328 e. The average molecular weight is 347 g/mol. The summed E-state index contributed by atoms with van der Waals surface area (Å²) in [5.74, 6) is 0. The molecule has 1 aliphatic heterocycles. The zero-order chi connectivity index (χ0) is 17.4. The van der Waals surface area contributed by atoms with Gasteiger partial charge in [-0.25, -0.2) is 8.42 Å². The number of hydrogen-bond acceptors (Lipinski definition) is 4. The molecule has 1 saturated heterocycles. The fourth-order valence-electron chi connectivity index (χ4n) is 2.70. The number of nitriles is 1. The van der Waals surface area contributed by atoms with E-state index in [1.54, 1.807) is 6.92 Å². The zero-order valence-electron chi connectivity index (χ0n) is 12.3. The Morgan fingerprint density at radius 2 is 2.04 bits per heavy atom. The highest BCUT2D eigenvalue weighted by molar-refractivity contribution is 7.89. The Kier molecular flexibility index (Phi) is 4.71. The second-order valence-electron chi connectivity index (χ2n) is 5.57. The van der Waals surface area contributed by atoms with E-state index < -0.39 is 38.3 Å². The van der Waals surface area contributed by atoms with Crippen LogP contribution in [0.4, 0.5) is 13.2 Å². The van der Waals surface area contributed by atoms with Gasteiger partial charge in [-0.2, -0.15) is 22.7 Å². The average Bonchev–Trinajstić information content (AvgIpc) is 2.45. The lowest BCUT2D eigenvalue weighted by atomic mass is 10.0. The highest BCUT2D eigenvalue weighted by Gasteiger charge is 2.38. The molecule has 126 valence electrons. The SMILES string of the molecule is CC1CC(N)CCN1S(=O)(=O)c1ccc(C#N)c(C(F)(F)F)c1. The fraction of sp³-hybridized carbons (Fsp3) is 0.500. The summed E-state index contributed by atoms with van der Waals surface area (Å²) in [4.78, 5) is -0.467. The van der Waals surface area contributed by atoms with E-state index in [0.717, 1.165) is 16.4 Å². The second-order valence-corrected chi connectivity index (χ2v) is 7.46. The van der Waals surface area contributed by atoms with E-state index in [4.69, 9.17) is 11.0 Å². The van der Waals surface area contributed by atoms with Gasteiger partial charge in [0.15, 0.2) is 0 Å². The molecule has 0 spiro atoms. The van der Waals surface area contributed by atoms with Gasteiger partial charge in [-0.15, -0.1) is 0 Å². The summed E-state index contributed by atoms with van der Waals surface area (Å²) >= 11 is 0. The van der Waals surface area contributed by atoms with Crippen molar-refractivity contribution in [3.63, 3.8) is 0 Å². The molecular weight excluding hydrogens is 331 g/mol. The van der Waals surface area contributed by atoms with Crippen molar-refractivity contribution in [2.75, 3.05) is 6.54 Å².